The van der Waals surface area contributed by atoms with Crippen molar-refractivity contribution >= 4 is 50.2 Å². The molecule has 0 saturated carbocycles. The second kappa shape index (κ2) is 4.97. The van der Waals surface area contributed by atoms with Crippen LogP contribution in [0, 0.1) is 0 Å². The van der Waals surface area contributed by atoms with E-state index in [9.17, 15) is 0 Å². The van der Waals surface area contributed by atoms with Gasteiger partial charge in [0.15, 0.2) is 0 Å². The molecule has 2 rings (SSSR count). The van der Waals surface area contributed by atoms with Crippen LogP contribution in [0.3, 0.4) is 0 Å². The maximum Gasteiger partial charge on any atom is 0.0931 e. The summed E-state index contributed by atoms with van der Waals surface area (Å²) in [6.07, 6.45) is 0.856. The number of thiophene rings is 2. The average Bonchev–Trinajstić information content (AvgIpc) is 2.77. The predicted molar refractivity (Wildman–Crippen MR) is 72.0 cm³/mol. The van der Waals surface area contributed by atoms with Gasteiger partial charge in [0.1, 0.15) is 0 Å². The van der Waals surface area contributed by atoms with Crippen LogP contribution in [0.1, 0.15) is 15.8 Å². The average molecular weight is 323 g/mol. The Hall–Kier alpha value is 0.130. The molecule has 0 fully saturated rings. The fourth-order valence-electron chi connectivity index (χ4n) is 1.30. The zero-order chi connectivity index (χ0) is 10.8. The van der Waals surface area contributed by atoms with Crippen LogP contribution in [0.2, 0.25) is 4.34 Å². The van der Waals surface area contributed by atoms with Crippen molar-refractivity contribution in [2.45, 2.75) is 12.5 Å². The van der Waals surface area contributed by atoms with Crippen molar-refractivity contribution in [3.05, 3.63) is 42.1 Å². The normalized spacial score (nSPS) is 13.0. The lowest BCUT2D eigenvalue weighted by atomic mass is 10.1. The Labute approximate surface area is 110 Å². The minimum Gasteiger partial charge on any atom is -0.323 e. The van der Waals surface area contributed by atoms with Gasteiger partial charge in [0.25, 0.3) is 0 Å². The van der Waals surface area contributed by atoms with Gasteiger partial charge >= 0.3 is 0 Å². The molecule has 2 aromatic heterocycles. The number of hydrogen-bond acceptors (Lipinski definition) is 3. The van der Waals surface area contributed by atoms with Crippen LogP contribution in [-0.4, -0.2) is 0 Å². The van der Waals surface area contributed by atoms with Gasteiger partial charge in [-0.15, -0.1) is 22.7 Å². The topological polar surface area (TPSA) is 26.0 Å². The minimum atomic E-state index is 0.0393. The molecule has 0 spiro atoms. The van der Waals surface area contributed by atoms with E-state index in [0.717, 1.165) is 20.1 Å². The van der Waals surface area contributed by atoms with Crippen LogP contribution in [0.25, 0.3) is 0 Å². The fraction of sp³-hybridized carbons (Fsp3) is 0.200. The number of nitrogens with two attached hydrogens (primary N) is 1. The monoisotopic (exact) mass is 321 g/mol. The smallest absolute Gasteiger partial charge is 0.0931 e. The molecular weight excluding hydrogens is 314 g/mol. The van der Waals surface area contributed by atoms with E-state index in [1.807, 2.05) is 18.2 Å². The van der Waals surface area contributed by atoms with E-state index < -0.39 is 0 Å². The Kier molecular flexibility index (Phi) is 3.85. The van der Waals surface area contributed by atoms with Gasteiger partial charge in [-0.05, 0) is 39.5 Å². The molecule has 2 N–H and O–H groups in total. The highest BCUT2D eigenvalue weighted by atomic mass is 79.9. The van der Waals surface area contributed by atoms with Crippen molar-refractivity contribution in [1.82, 2.24) is 0 Å². The number of rotatable bonds is 3. The Morgan fingerprint density at radius 1 is 1.40 bits per heavy atom. The lowest BCUT2D eigenvalue weighted by Crippen LogP contribution is -2.11. The maximum atomic E-state index is 6.11. The first kappa shape index (κ1) is 11.6. The van der Waals surface area contributed by atoms with Gasteiger partial charge in [-0.25, -0.2) is 0 Å². The van der Waals surface area contributed by atoms with E-state index in [1.54, 1.807) is 22.7 Å². The first-order valence-electron chi connectivity index (χ1n) is 4.39. The summed E-state index contributed by atoms with van der Waals surface area (Å²) in [5, 5.41) is 2.06. The van der Waals surface area contributed by atoms with E-state index in [0.29, 0.717) is 0 Å². The Bertz CT molecular complexity index is 452. The van der Waals surface area contributed by atoms with E-state index >= 15 is 0 Å². The molecule has 0 amide bonds. The minimum absolute atomic E-state index is 0.0393. The first-order chi connectivity index (χ1) is 7.16. The summed E-state index contributed by atoms with van der Waals surface area (Å²) >= 11 is 12.7. The molecule has 0 aliphatic carbocycles. The molecule has 1 nitrogen and oxygen atoms in total. The van der Waals surface area contributed by atoms with Gasteiger partial charge < -0.3 is 5.73 Å². The molecule has 2 aromatic rings. The molecular formula is C10H9BrClNS2. The van der Waals surface area contributed by atoms with Gasteiger partial charge in [0.2, 0.25) is 0 Å². The van der Waals surface area contributed by atoms with Crippen LogP contribution in [0.15, 0.2) is 28.1 Å². The summed E-state index contributed by atoms with van der Waals surface area (Å²) in [7, 11) is 0. The molecule has 0 aliphatic rings. The molecule has 80 valence electrons. The fourth-order valence-corrected chi connectivity index (χ4v) is 3.94. The summed E-state index contributed by atoms with van der Waals surface area (Å²) in [6, 6.07) is 5.98. The van der Waals surface area contributed by atoms with Crippen LogP contribution in [0.5, 0.6) is 0 Å². The molecule has 1 atom stereocenters. The second-order valence-corrected chi connectivity index (χ2v) is 6.75. The van der Waals surface area contributed by atoms with Gasteiger partial charge in [-0.2, -0.15) is 0 Å². The van der Waals surface area contributed by atoms with Crippen molar-refractivity contribution in [3.63, 3.8) is 0 Å². The van der Waals surface area contributed by atoms with Gasteiger partial charge in [0.05, 0.1) is 4.34 Å². The van der Waals surface area contributed by atoms with E-state index in [2.05, 4.69) is 21.3 Å². The SMILES string of the molecule is NC(Cc1sccc1Br)c1ccc(Cl)s1. The van der Waals surface area contributed by atoms with Crippen molar-refractivity contribution in [1.29, 1.82) is 0 Å². The molecule has 0 radical (unpaired) electrons. The molecule has 0 saturated heterocycles. The summed E-state index contributed by atoms with van der Waals surface area (Å²) < 4.78 is 1.94. The van der Waals surface area contributed by atoms with Gasteiger partial charge in [0, 0.05) is 26.7 Å². The number of hydrogen-bond donors (Lipinski definition) is 1. The van der Waals surface area contributed by atoms with Crippen LogP contribution >= 0.6 is 50.2 Å². The van der Waals surface area contributed by atoms with Crippen molar-refractivity contribution < 1.29 is 0 Å². The van der Waals surface area contributed by atoms with Crippen molar-refractivity contribution in [2.75, 3.05) is 0 Å². The third kappa shape index (κ3) is 2.82. The summed E-state index contributed by atoms with van der Waals surface area (Å²) in [5.41, 5.74) is 6.11. The van der Waals surface area contributed by atoms with E-state index in [1.165, 1.54) is 4.88 Å². The van der Waals surface area contributed by atoms with E-state index in [-0.39, 0.29) is 6.04 Å². The van der Waals surface area contributed by atoms with Crippen molar-refractivity contribution in [3.8, 4) is 0 Å². The van der Waals surface area contributed by atoms with Crippen LogP contribution in [-0.2, 0) is 6.42 Å². The highest BCUT2D eigenvalue weighted by Crippen LogP contribution is 2.31. The van der Waals surface area contributed by atoms with E-state index in [4.69, 9.17) is 17.3 Å². The van der Waals surface area contributed by atoms with Crippen molar-refractivity contribution in [2.24, 2.45) is 5.73 Å². The van der Waals surface area contributed by atoms with Gasteiger partial charge in [-0.1, -0.05) is 11.6 Å². The molecule has 0 bridgehead atoms. The third-order valence-corrected chi connectivity index (χ3v) is 5.37. The summed E-state index contributed by atoms with van der Waals surface area (Å²) in [5.74, 6) is 0. The zero-order valence-electron chi connectivity index (χ0n) is 7.74. The third-order valence-electron chi connectivity index (χ3n) is 2.06. The largest absolute Gasteiger partial charge is 0.323 e. The lowest BCUT2D eigenvalue weighted by molar-refractivity contribution is 0.743. The highest BCUT2D eigenvalue weighted by molar-refractivity contribution is 9.10. The molecule has 5 heteroatoms. The summed E-state index contributed by atoms with van der Waals surface area (Å²) in [4.78, 5) is 2.42. The molecule has 0 aromatic carbocycles. The molecule has 1 unspecified atom stereocenters. The molecule has 2 heterocycles. The van der Waals surface area contributed by atoms with Crippen LogP contribution < -0.4 is 5.73 Å². The highest BCUT2D eigenvalue weighted by Gasteiger charge is 2.12. The van der Waals surface area contributed by atoms with Crippen LogP contribution in [0.4, 0.5) is 0 Å². The first-order valence-corrected chi connectivity index (χ1v) is 7.26. The van der Waals surface area contributed by atoms with Gasteiger partial charge in [-0.3, -0.25) is 0 Å². The summed E-state index contributed by atoms with van der Waals surface area (Å²) in [6.45, 7) is 0. The standard InChI is InChI=1S/C10H9BrClNS2/c11-6-3-4-14-9(6)5-7(13)8-1-2-10(12)15-8/h1-4,7H,5,13H2. The zero-order valence-corrected chi connectivity index (χ0v) is 11.7. The molecule has 15 heavy (non-hydrogen) atoms. The maximum absolute atomic E-state index is 6.11. The predicted octanol–water partition coefficient (Wildman–Crippen LogP) is 4.47. The lowest BCUT2D eigenvalue weighted by Gasteiger charge is -2.07. The number of halogens is 2. The second-order valence-electron chi connectivity index (χ2n) is 3.14. The Morgan fingerprint density at radius 3 is 2.73 bits per heavy atom. The quantitative estimate of drug-likeness (QED) is 0.886. The Morgan fingerprint density at radius 2 is 2.20 bits per heavy atom. The Balaban J connectivity index is 2.10. The molecule has 0 aliphatic heterocycles.